The van der Waals surface area contributed by atoms with E-state index in [0.717, 1.165) is 14.2 Å². The largest absolute Gasteiger partial charge is 0.323 e. The Morgan fingerprint density at radius 1 is 1.36 bits per heavy atom. The zero-order valence-corrected chi connectivity index (χ0v) is 11.6. The van der Waals surface area contributed by atoms with Crippen molar-refractivity contribution < 1.29 is 0 Å². The maximum atomic E-state index is 6.18. The molecule has 1 aromatic rings. The molecule has 0 saturated carbocycles. The lowest BCUT2D eigenvalue weighted by Gasteiger charge is -2.28. The zero-order chi connectivity index (χ0) is 10.9. The van der Waals surface area contributed by atoms with Crippen molar-refractivity contribution in [2.75, 3.05) is 0 Å². The maximum absolute atomic E-state index is 6.18. The van der Waals surface area contributed by atoms with Crippen LogP contribution in [0.3, 0.4) is 0 Å². The van der Waals surface area contributed by atoms with Crippen molar-refractivity contribution >= 4 is 34.2 Å². The Balaban J connectivity index is 3.14. The van der Waals surface area contributed by atoms with Crippen LogP contribution in [0.15, 0.2) is 18.2 Å². The fraction of sp³-hybridized carbons (Fsp3) is 0.455. The Kier molecular flexibility index (Phi) is 3.83. The summed E-state index contributed by atoms with van der Waals surface area (Å²) in [5.41, 5.74) is 7.37. The van der Waals surface area contributed by atoms with Gasteiger partial charge in [0.2, 0.25) is 0 Å². The third kappa shape index (κ3) is 2.61. The van der Waals surface area contributed by atoms with Gasteiger partial charge in [0.1, 0.15) is 0 Å². The first-order chi connectivity index (χ1) is 6.34. The predicted molar refractivity (Wildman–Crippen MR) is 70.6 cm³/mol. The molecule has 0 radical (unpaired) electrons. The van der Waals surface area contributed by atoms with E-state index in [9.17, 15) is 0 Å². The summed E-state index contributed by atoms with van der Waals surface area (Å²) in [7, 11) is 0. The summed E-state index contributed by atoms with van der Waals surface area (Å²) in [4.78, 5) is 0. The standard InChI is InChI=1S/C11H15ClIN/c1-11(2,3)10(14)7-5-4-6-8(12)9(7)13/h4-6,10H,14H2,1-3H3/t10-/m1/s1. The highest BCUT2D eigenvalue weighted by molar-refractivity contribution is 14.1. The summed E-state index contributed by atoms with van der Waals surface area (Å²) in [6.45, 7) is 6.40. The molecule has 0 aromatic heterocycles. The molecule has 0 aliphatic carbocycles. The lowest BCUT2D eigenvalue weighted by Crippen LogP contribution is -2.27. The predicted octanol–water partition coefficient (Wildman–Crippen LogP) is 3.99. The molecule has 1 rings (SSSR count). The molecule has 0 unspecified atom stereocenters. The minimum absolute atomic E-state index is 0.0214. The fourth-order valence-corrected chi connectivity index (χ4v) is 2.10. The van der Waals surface area contributed by atoms with E-state index in [4.69, 9.17) is 17.3 Å². The molecular formula is C11H15ClIN. The van der Waals surface area contributed by atoms with E-state index in [1.54, 1.807) is 0 Å². The Hall–Kier alpha value is 0.200. The quantitative estimate of drug-likeness (QED) is 0.777. The molecular weight excluding hydrogens is 308 g/mol. The van der Waals surface area contributed by atoms with Crippen LogP contribution in [-0.2, 0) is 0 Å². The summed E-state index contributed by atoms with van der Waals surface area (Å²) < 4.78 is 1.06. The average molecular weight is 324 g/mol. The lowest BCUT2D eigenvalue weighted by atomic mass is 9.83. The summed E-state index contributed by atoms with van der Waals surface area (Å²) in [5.74, 6) is 0. The van der Waals surface area contributed by atoms with E-state index < -0.39 is 0 Å². The normalized spacial score (nSPS) is 14.1. The second kappa shape index (κ2) is 4.37. The smallest absolute Gasteiger partial charge is 0.0542 e. The minimum atomic E-state index is 0.0214. The molecule has 78 valence electrons. The van der Waals surface area contributed by atoms with Crippen molar-refractivity contribution in [3.8, 4) is 0 Å². The van der Waals surface area contributed by atoms with Gasteiger partial charge in [-0.15, -0.1) is 0 Å². The van der Waals surface area contributed by atoms with E-state index in [2.05, 4.69) is 43.4 Å². The first-order valence-corrected chi connectivity index (χ1v) is 5.99. The maximum Gasteiger partial charge on any atom is 0.0542 e. The van der Waals surface area contributed by atoms with Crippen molar-refractivity contribution in [3.63, 3.8) is 0 Å². The molecule has 0 fully saturated rings. The molecule has 0 heterocycles. The molecule has 0 amide bonds. The molecule has 0 aliphatic heterocycles. The minimum Gasteiger partial charge on any atom is -0.323 e. The second-order valence-corrected chi connectivity index (χ2v) is 5.97. The van der Waals surface area contributed by atoms with Crippen molar-refractivity contribution in [3.05, 3.63) is 32.4 Å². The van der Waals surface area contributed by atoms with Gasteiger partial charge in [-0.25, -0.2) is 0 Å². The molecule has 0 aliphatic rings. The first kappa shape index (κ1) is 12.3. The highest BCUT2D eigenvalue weighted by Crippen LogP contribution is 2.35. The molecule has 0 saturated heterocycles. The van der Waals surface area contributed by atoms with Gasteiger partial charge in [0.25, 0.3) is 0 Å². The Morgan fingerprint density at radius 2 is 1.93 bits per heavy atom. The molecule has 2 N–H and O–H groups in total. The number of hydrogen-bond acceptors (Lipinski definition) is 1. The number of halogens is 2. The van der Waals surface area contributed by atoms with Crippen molar-refractivity contribution in [2.45, 2.75) is 26.8 Å². The van der Waals surface area contributed by atoms with E-state index in [-0.39, 0.29) is 11.5 Å². The molecule has 1 atom stereocenters. The molecule has 14 heavy (non-hydrogen) atoms. The van der Waals surface area contributed by atoms with E-state index in [0.29, 0.717) is 0 Å². The van der Waals surface area contributed by atoms with Crippen LogP contribution in [0.1, 0.15) is 32.4 Å². The van der Waals surface area contributed by atoms with Gasteiger partial charge in [0, 0.05) is 9.61 Å². The molecule has 1 aromatic carbocycles. The van der Waals surface area contributed by atoms with E-state index >= 15 is 0 Å². The van der Waals surface area contributed by atoms with Crippen LogP contribution < -0.4 is 5.73 Å². The van der Waals surface area contributed by atoms with Crippen LogP contribution in [0, 0.1) is 8.99 Å². The SMILES string of the molecule is CC(C)(C)[C@H](N)c1cccc(Cl)c1I. The summed E-state index contributed by atoms with van der Waals surface area (Å²) in [5, 5.41) is 0.780. The molecule has 0 bridgehead atoms. The topological polar surface area (TPSA) is 26.0 Å². The average Bonchev–Trinajstić information content (AvgIpc) is 2.07. The Labute approximate surface area is 104 Å². The lowest BCUT2D eigenvalue weighted by molar-refractivity contribution is 0.326. The van der Waals surface area contributed by atoms with E-state index in [1.165, 1.54) is 0 Å². The van der Waals surface area contributed by atoms with Gasteiger partial charge in [-0.1, -0.05) is 44.5 Å². The van der Waals surface area contributed by atoms with Gasteiger partial charge in [0.15, 0.2) is 0 Å². The highest BCUT2D eigenvalue weighted by Gasteiger charge is 2.24. The van der Waals surface area contributed by atoms with Crippen molar-refractivity contribution in [1.29, 1.82) is 0 Å². The Morgan fingerprint density at radius 3 is 2.43 bits per heavy atom. The summed E-state index contributed by atoms with van der Waals surface area (Å²) in [6.07, 6.45) is 0. The van der Waals surface area contributed by atoms with Crippen molar-refractivity contribution in [1.82, 2.24) is 0 Å². The second-order valence-electron chi connectivity index (χ2n) is 4.49. The molecule has 1 nitrogen and oxygen atoms in total. The zero-order valence-electron chi connectivity index (χ0n) is 8.64. The van der Waals surface area contributed by atoms with Crippen LogP contribution in [-0.4, -0.2) is 0 Å². The third-order valence-corrected chi connectivity index (χ3v) is 4.09. The third-order valence-electron chi connectivity index (χ3n) is 2.25. The molecule has 3 heteroatoms. The fourth-order valence-electron chi connectivity index (χ4n) is 1.23. The van der Waals surface area contributed by atoms with Crippen LogP contribution in [0.2, 0.25) is 5.02 Å². The molecule has 0 spiro atoms. The van der Waals surface area contributed by atoms with Crippen molar-refractivity contribution in [2.24, 2.45) is 11.1 Å². The van der Waals surface area contributed by atoms with Crippen LogP contribution in [0.25, 0.3) is 0 Å². The monoisotopic (exact) mass is 323 g/mol. The number of hydrogen-bond donors (Lipinski definition) is 1. The van der Waals surface area contributed by atoms with Gasteiger partial charge < -0.3 is 5.73 Å². The number of benzene rings is 1. The summed E-state index contributed by atoms with van der Waals surface area (Å²) in [6, 6.07) is 5.91. The first-order valence-electron chi connectivity index (χ1n) is 4.53. The highest BCUT2D eigenvalue weighted by atomic mass is 127. The van der Waals surface area contributed by atoms with E-state index in [1.807, 2.05) is 18.2 Å². The van der Waals surface area contributed by atoms with Gasteiger partial charge in [-0.05, 0) is 39.6 Å². The Bertz CT molecular complexity index is 331. The van der Waals surface area contributed by atoms with Crippen LogP contribution in [0.5, 0.6) is 0 Å². The number of rotatable bonds is 1. The van der Waals surface area contributed by atoms with Gasteiger partial charge in [-0.3, -0.25) is 0 Å². The van der Waals surface area contributed by atoms with Gasteiger partial charge >= 0.3 is 0 Å². The van der Waals surface area contributed by atoms with Gasteiger partial charge in [-0.2, -0.15) is 0 Å². The van der Waals surface area contributed by atoms with Crippen LogP contribution in [0.4, 0.5) is 0 Å². The summed E-state index contributed by atoms with van der Waals surface area (Å²) >= 11 is 8.29. The van der Waals surface area contributed by atoms with Crippen LogP contribution >= 0.6 is 34.2 Å². The van der Waals surface area contributed by atoms with Gasteiger partial charge in [0.05, 0.1) is 5.02 Å². The number of nitrogens with two attached hydrogens (primary N) is 1.